The molecule has 5 rings (SSSR count). The largest absolute Gasteiger partial charge is 0.495 e. The van der Waals surface area contributed by atoms with E-state index in [-0.39, 0.29) is 17.2 Å². The third-order valence-electron chi connectivity index (χ3n) is 6.77. The first-order chi connectivity index (χ1) is 13.1. The van der Waals surface area contributed by atoms with Crippen molar-refractivity contribution in [3.05, 3.63) is 24.3 Å². The number of nitrogens with one attached hydrogen (secondary N) is 2. The first-order valence-electron chi connectivity index (χ1n) is 10.3. The van der Waals surface area contributed by atoms with E-state index in [1.807, 2.05) is 24.3 Å². The molecular weight excluding hydrogens is 340 g/mol. The van der Waals surface area contributed by atoms with Gasteiger partial charge in [-0.2, -0.15) is 0 Å². The number of rotatable bonds is 7. The molecule has 2 amide bonds. The molecule has 1 aromatic carbocycles. The van der Waals surface area contributed by atoms with Crippen molar-refractivity contribution in [3.8, 4) is 5.75 Å². The van der Waals surface area contributed by atoms with Gasteiger partial charge in [0.2, 0.25) is 11.8 Å². The first-order valence-corrected chi connectivity index (χ1v) is 10.3. The summed E-state index contributed by atoms with van der Waals surface area (Å²) in [6.45, 7) is 0.569. The average Bonchev–Trinajstić information content (AvgIpc) is 2.64. The van der Waals surface area contributed by atoms with Gasteiger partial charge in [0.15, 0.2) is 0 Å². The summed E-state index contributed by atoms with van der Waals surface area (Å²) in [6.07, 6.45) is 8.32. The molecule has 0 radical (unpaired) electrons. The van der Waals surface area contributed by atoms with Crippen molar-refractivity contribution in [3.63, 3.8) is 0 Å². The van der Waals surface area contributed by atoms with Gasteiger partial charge in [0.1, 0.15) is 5.75 Å². The fraction of sp³-hybridized carbons (Fsp3) is 0.636. The summed E-state index contributed by atoms with van der Waals surface area (Å²) in [7, 11) is 1.59. The lowest BCUT2D eigenvalue weighted by Gasteiger charge is -2.55. The van der Waals surface area contributed by atoms with Crippen molar-refractivity contribution in [1.29, 1.82) is 0 Å². The number of hydrogen-bond acceptors (Lipinski definition) is 3. The lowest BCUT2D eigenvalue weighted by Crippen LogP contribution is -2.53. The Kier molecular flexibility index (Phi) is 5.11. The van der Waals surface area contributed by atoms with Crippen LogP contribution in [0.25, 0.3) is 0 Å². The summed E-state index contributed by atoms with van der Waals surface area (Å²) >= 11 is 0. The normalized spacial score (nSPS) is 30.8. The van der Waals surface area contributed by atoms with Gasteiger partial charge in [-0.1, -0.05) is 12.1 Å². The van der Waals surface area contributed by atoms with E-state index in [2.05, 4.69) is 10.6 Å². The Morgan fingerprint density at radius 3 is 2.33 bits per heavy atom. The molecule has 0 atom stereocenters. The van der Waals surface area contributed by atoms with Gasteiger partial charge in [0.25, 0.3) is 0 Å². The molecule has 4 saturated carbocycles. The molecule has 0 saturated heterocycles. The summed E-state index contributed by atoms with van der Waals surface area (Å²) in [5.74, 6) is 3.16. The smallest absolute Gasteiger partial charge is 0.226 e. The van der Waals surface area contributed by atoms with Crippen molar-refractivity contribution < 1.29 is 14.3 Å². The number of para-hydroxylation sites is 2. The summed E-state index contributed by atoms with van der Waals surface area (Å²) in [4.78, 5) is 25.1. The minimum atomic E-state index is -0.103. The minimum Gasteiger partial charge on any atom is -0.495 e. The van der Waals surface area contributed by atoms with Crippen LogP contribution in [-0.4, -0.2) is 25.5 Å². The molecule has 27 heavy (non-hydrogen) atoms. The average molecular weight is 370 g/mol. The van der Waals surface area contributed by atoms with E-state index in [1.54, 1.807) is 7.11 Å². The molecule has 4 fully saturated rings. The summed E-state index contributed by atoms with van der Waals surface area (Å²) < 4.78 is 5.25. The molecule has 0 aromatic heterocycles. The maximum Gasteiger partial charge on any atom is 0.226 e. The van der Waals surface area contributed by atoms with Crippen LogP contribution in [0.3, 0.4) is 0 Å². The fourth-order valence-electron chi connectivity index (χ4n) is 5.99. The zero-order valence-corrected chi connectivity index (χ0v) is 16.1. The van der Waals surface area contributed by atoms with E-state index in [4.69, 9.17) is 4.74 Å². The number of anilines is 1. The molecule has 4 aliphatic carbocycles. The SMILES string of the molecule is COc1ccccc1NC(=O)CCCNC(=O)C12CC3CC(CC(C3)C1)C2. The molecule has 0 heterocycles. The van der Waals surface area contributed by atoms with E-state index < -0.39 is 0 Å². The Hall–Kier alpha value is -2.04. The number of benzene rings is 1. The molecular formula is C22H30N2O3. The Labute approximate surface area is 161 Å². The first kappa shape index (κ1) is 18.3. The molecule has 5 nitrogen and oxygen atoms in total. The third kappa shape index (κ3) is 3.83. The number of carbonyl (C=O) groups is 2. The number of hydrogen-bond donors (Lipinski definition) is 2. The summed E-state index contributed by atoms with van der Waals surface area (Å²) in [5, 5.41) is 6.02. The fourth-order valence-corrected chi connectivity index (χ4v) is 5.99. The van der Waals surface area contributed by atoms with Gasteiger partial charge < -0.3 is 15.4 Å². The van der Waals surface area contributed by atoms with Gasteiger partial charge in [-0.25, -0.2) is 0 Å². The van der Waals surface area contributed by atoms with Crippen LogP contribution in [0.1, 0.15) is 51.4 Å². The second-order valence-corrected chi connectivity index (χ2v) is 8.81. The highest BCUT2D eigenvalue weighted by Crippen LogP contribution is 2.60. The highest BCUT2D eigenvalue weighted by Gasteiger charge is 2.54. The lowest BCUT2D eigenvalue weighted by molar-refractivity contribution is -0.146. The van der Waals surface area contributed by atoms with Crippen molar-refractivity contribution in [2.24, 2.45) is 23.2 Å². The molecule has 0 unspecified atom stereocenters. The highest BCUT2D eigenvalue weighted by atomic mass is 16.5. The molecule has 0 spiro atoms. The van der Waals surface area contributed by atoms with Crippen molar-refractivity contribution in [2.45, 2.75) is 51.4 Å². The van der Waals surface area contributed by atoms with Crippen molar-refractivity contribution in [1.82, 2.24) is 5.32 Å². The second-order valence-electron chi connectivity index (χ2n) is 8.81. The van der Waals surface area contributed by atoms with Gasteiger partial charge in [0.05, 0.1) is 12.8 Å². The maximum absolute atomic E-state index is 12.9. The second kappa shape index (κ2) is 7.53. The topological polar surface area (TPSA) is 67.4 Å². The minimum absolute atomic E-state index is 0.0523. The zero-order valence-electron chi connectivity index (χ0n) is 16.1. The zero-order chi connectivity index (χ0) is 18.9. The van der Waals surface area contributed by atoms with Crippen LogP contribution in [0.15, 0.2) is 24.3 Å². The van der Waals surface area contributed by atoms with Crippen LogP contribution in [0.2, 0.25) is 0 Å². The van der Waals surface area contributed by atoms with E-state index in [0.717, 1.165) is 37.0 Å². The number of ether oxygens (including phenoxy) is 1. The summed E-state index contributed by atoms with van der Waals surface area (Å²) in [5.41, 5.74) is 0.580. The molecule has 2 N–H and O–H groups in total. The summed E-state index contributed by atoms with van der Waals surface area (Å²) in [6, 6.07) is 7.38. The lowest BCUT2D eigenvalue weighted by atomic mass is 9.49. The van der Waals surface area contributed by atoms with E-state index in [0.29, 0.717) is 30.8 Å². The van der Waals surface area contributed by atoms with Gasteiger partial charge in [-0.05, 0) is 74.8 Å². The Morgan fingerprint density at radius 1 is 1.07 bits per heavy atom. The number of methoxy groups -OCH3 is 1. The van der Waals surface area contributed by atoms with Crippen molar-refractivity contribution in [2.75, 3.05) is 19.0 Å². The van der Waals surface area contributed by atoms with E-state index >= 15 is 0 Å². The third-order valence-corrected chi connectivity index (χ3v) is 6.77. The Bertz CT molecular complexity index is 680. The monoisotopic (exact) mass is 370 g/mol. The highest BCUT2D eigenvalue weighted by molar-refractivity contribution is 5.92. The van der Waals surface area contributed by atoms with Crippen LogP contribution >= 0.6 is 0 Å². The van der Waals surface area contributed by atoms with Gasteiger partial charge in [0, 0.05) is 18.4 Å². The van der Waals surface area contributed by atoms with Crippen LogP contribution < -0.4 is 15.4 Å². The Balaban J connectivity index is 1.22. The molecule has 146 valence electrons. The van der Waals surface area contributed by atoms with E-state index in [1.165, 1.54) is 19.3 Å². The predicted molar refractivity (Wildman–Crippen MR) is 104 cm³/mol. The molecule has 4 aliphatic rings. The maximum atomic E-state index is 12.9. The molecule has 1 aromatic rings. The standard InChI is InChI=1S/C22H30N2O3/c1-27-19-6-3-2-5-18(19)24-20(25)7-4-8-23-21(26)22-12-15-9-16(13-22)11-17(10-15)14-22/h2-3,5-6,15-17H,4,7-14H2,1H3,(H,23,26)(H,24,25). The van der Waals surface area contributed by atoms with Crippen LogP contribution in [0.4, 0.5) is 5.69 Å². The predicted octanol–water partition coefficient (Wildman–Crippen LogP) is 3.75. The van der Waals surface area contributed by atoms with Crippen molar-refractivity contribution >= 4 is 17.5 Å². The molecule has 0 aliphatic heterocycles. The van der Waals surface area contributed by atoms with Gasteiger partial charge in [-0.15, -0.1) is 0 Å². The Morgan fingerprint density at radius 2 is 1.70 bits per heavy atom. The van der Waals surface area contributed by atoms with Gasteiger partial charge >= 0.3 is 0 Å². The number of amides is 2. The molecule has 4 bridgehead atoms. The van der Waals surface area contributed by atoms with Crippen LogP contribution in [0, 0.1) is 23.2 Å². The van der Waals surface area contributed by atoms with Crippen LogP contribution in [0.5, 0.6) is 5.75 Å². The quantitative estimate of drug-likeness (QED) is 0.719. The number of carbonyl (C=O) groups excluding carboxylic acids is 2. The van der Waals surface area contributed by atoms with E-state index in [9.17, 15) is 9.59 Å². The van der Waals surface area contributed by atoms with Gasteiger partial charge in [-0.3, -0.25) is 9.59 Å². The molecule has 5 heteroatoms. The van der Waals surface area contributed by atoms with Crippen LogP contribution in [-0.2, 0) is 9.59 Å².